The first-order valence-electron chi connectivity index (χ1n) is 29.2. The quantitative estimate of drug-likeness (QED) is 0.0746. The van der Waals surface area contributed by atoms with Gasteiger partial charge in [-0.05, 0) is 80.0 Å². The van der Waals surface area contributed by atoms with Crippen molar-refractivity contribution in [1.82, 2.24) is 36.4 Å². The molecule has 3 aliphatic rings. The highest BCUT2D eigenvalue weighted by molar-refractivity contribution is 5.98. The molecule has 2 aromatic carbocycles. The monoisotopic (exact) mass is 1150 g/mol. The molecular weight excluding hydrogens is 1060 g/mol. The predicted octanol–water partition coefficient (Wildman–Crippen LogP) is 1.62. The van der Waals surface area contributed by atoms with Gasteiger partial charge >= 0.3 is 0 Å². The van der Waals surface area contributed by atoms with Gasteiger partial charge in [-0.15, -0.1) is 0 Å². The smallest absolute Gasteiger partial charge is 0.248 e. The number of carbonyl (C=O) groups excluding carboxylic acids is 8. The van der Waals surface area contributed by atoms with Crippen molar-refractivity contribution in [3.05, 3.63) is 65.7 Å². The van der Waals surface area contributed by atoms with E-state index in [0.29, 0.717) is 19.3 Å². The number of benzene rings is 2. The summed E-state index contributed by atoms with van der Waals surface area (Å²) in [5.41, 5.74) is 6.35. The zero-order valence-corrected chi connectivity index (χ0v) is 48.5. The number of fused-ring (bicyclic) bond motifs is 2. The van der Waals surface area contributed by atoms with E-state index >= 15 is 0 Å². The second-order valence-corrected chi connectivity index (χ2v) is 22.4. The average Bonchev–Trinajstić information content (AvgIpc) is 4.29. The van der Waals surface area contributed by atoms with Gasteiger partial charge in [-0.3, -0.25) is 38.4 Å². The number of aromatic hydroxyl groups is 1. The minimum atomic E-state index is -2.27. The van der Waals surface area contributed by atoms with Gasteiger partial charge in [0.15, 0.2) is 6.23 Å². The summed E-state index contributed by atoms with van der Waals surface area (Å²) in [6.07, 6.45) is -4.90. The van der Waals surface area contributed by atoms with Gasteiger partial charge in [0.05, 0.1) is 18.6 Å². The largest absolute Gasteiger partial charge is 0.508 e. The third-order valence-corrected chi connectivity index (χ3v) is 15.2. The molecule has 0 saturated carbocycles. The van der Waals surface area contributed by atoms with Gasteiger partial charge in [0, 0.05) is 39.0 Å². The number of nitrogens with one attached hydrogen (secondary N) is 5. The summed E-state index contributed by atoms with van der Waals surface area (Å²) in [7, 11) is 0. The van der Waals surface area contributed by atoms with Gasteiger partial charge in [-0.1, -0.05) is 116 Å². The molecule has 0 aromatic heterocycles. The van der Waals surface area contributed by atoms with Crippen LogP contribution in [0.1, 0.15) is 155 Å². The Morgan fingerprint density at radius 1 is 0.756 bits per heavy atom. The summed E-state index contributed by atoms with van der Waals surface area (Å²) in [6, 6.07) is 4.04. The highest BCUT2D eigenvalue weighted by Gasteiger charge is 2.47. The molecule has 0 bridgehead atoms. The number of phenolic OH excluding ortho intramolecular Hbond substituents is 1. The van der Waals surface area contributed by atoms with Crippen LogP contribution >= 0.6 is 0 Å². The molecule has 3 heterocycles. The summed E-state index contributed by atoms with van der Waals surface area (Å²) in [6.45, 7) is 12.1. The predicted molar refractivity (Wildman–Crippen MR) is 303 cm³/mol. The number of carbonyl (C=O) groups is 8. The number of aliphatic hydroxyl groups excluding tert-OH is 5. The molecule has 0 spiro atoms. The lowest BCUT2D eigenvalue weighted by molar-refractivity contribution is -0.148. The highest BCUT2D eigenvalue weighted by atomic mass is 16.5. The number of nitrogens with two attached hydrogens (primary N) is 1. The van der Waals surface area contributed by atoms with E-state index in [9.17, 15) is 69.0 Å². The lowest BCUT2D eigenvalue weighted by atomic mass is 9.96. The molecule has 2 aromatic rings. The number of amides is 8. The lowest BCUT2D eigenvalue weighted by Gasteiger charge is -2.34. The number of aliphatic hydroxyl groups is 5. The van der Waals surface area contributed by atoms with E-state index in [4.69, 9.17) is 10.5 Å². The van der Waals surface area contributed by atoms with Crippen LogP contribution in [0, 0.1) is 11.8 Å². The maximum Gasteiger partial charge on any atom is 0.248 e. The molecule has 5 rings (SSSR count). The van der Waals surface area contributed by atoms with E-state index in [1.165, 1.54) is 37.1 Å². The number of unbranched alkanes of at least 4 members (excludes halogenated alkanes) is 4. The number of aryl methyl sites for hydroxylation is 1. The van der Waals surface area contributed by atoms with Crippen molar-refractivity contribution in [2.75, 3.05) is 19.7 Å². The minimum absolute atomic E-state index is 0.0206. The minimum Gasteiger partial charge on any atom is -0.508 e. The summed E-state index contributed by atoms with van der Waals surface area (Å²) < 4.78 is 6.12. The molecule has 0 radical (unpaired) electrons. The fourth-order valence-electron chi connectivity index (χ4n) is 10.4. The number of ether oxygens (including phenoxy) is 1. The second kappa shape index (κ2) is 34.4. The molecule has 0 aliphatic carbocycles. The van der Waals surface area contributed by atoms with Crippen LogP contribution in [-0.4, -0.2) is 174 Å². The van der Waals surface area contributed by atoms with Crippen LogP contribution in [0.4, 0.5) is 0 Å². The molecule has 13 N–H and O–H groups in total. The van der Waals surface area contributed by atoms with Gasteiger partial charge in [-0.2, -0.15) is 0 Å². The SMILES string of the molecule is CCC(C)CC(C)C.CCCCCCCC(=O)NC1C[C@@H](O)C(OCCCc2ccccc2)NC(=O)C2CCCN2C(=O)C([C@H](O)CC(N)=O)NC(=O)C(C(O)[C@@H](O)c2ccc(O)cc2)NC(=O)C2C[C@@H](O)CN2C(=O)C(CC)NC1=O. The molecule has 13 atom stereocenters. The van der Waals surface area contributed by atoms with E-state index in [0.717, 1.165) is 52.9 Å². The van der Waals surface area contributed by atoms with Gasteiger partial charge in [0.25, 0.3) is 0 Å². The summed E-state index contributed by atoms with van der Waals surface area (Å²) in [5.74, 6) is -6.34. The van der Waals surface area contributed by atoms with Crippen molar-refractivity contribution in [1.29, 1.82) is 0 Å². The zero-order chi connectivity index (χ0) is 60.6. The Balaban J connectivity index is 0.00000167. The maximum absolute atomic E-state index is 14.6. The molecule has 23 heteroatoms. The fourth-order valence-corrected chi connectivity index (χ4v) is 10.4. The molecule has 23 nitrogen and oxygen atoms in total. The first-order chi connectivity index (χ1) is 39.0. The molecule has 3 fully saturated rings. The van der Waals surface area contributed by atoms with E-state index < -0.39 is 146 Å². The molecule has 9 unspecified atom stereocenters. The zero-order valence-electron chi connectivity index (χ0n) is 48.5. The maximum atomic E-state index is 14.6. The normalized spacial score (nSPS) is 25.6. The van der Waals surface area contributed by atoms with E-state index in [1.807, 2.05) is 37.3 Å². The Kier molecular flexibility index (Phi) is 28.6. The topological polar surface area (TPSA) is 360 Å². The Hall–Kier alpha value is -6.24. The standard InChI is InChI=1S/C51H74N8O15.C8H18/c1-3-5-6-7-11-18-40(65)53-34-26-38(63)49(74-24-13-16-29-14-9-8-10-15-29)57-46(69)35-17-12-23-58(35)51(73)41(37(62)27-39(52)64)55-48(71)42(44(67)43(66)30-19-21-31(60)22-20-30)56-47(70)36-25-32(61)28-59(36)50(72)33(4-2)54-45(34)68;1-5-8(4)6-7(2)3/h8-10,14-15,19-22,32-38,41-44,49,60-63,66-67H,3-7,11-13,16-18,23-28H2,1-2H3,(H2,52,64)(H,53,65)(H,54,68)(H,55,71)(H,56,70)(H,57,69);7-8H,5-6H2,1-4H3/t32-,33?,34?,35?,36?,37-,38-,41?,42?,43+,44?,49?;/m1./s1. The summed E-state index contributed by atoms with van der Waals surface area (Å²) in [4.78, 5) is 114. The van der Waals surface area contributed by atoms with Crippen molar-refractivity contribution in [3.8, 4) is 5.75 Å². The first kappa shape index (κ1) is 68.3. The number of primary amides is 1. The van der Waals surface area contributed by atoms with Crippen LogP contribution in [0.15, 0.2) is 54.6 Å². The second-order valence-electron chi connectivity index (χ2n) is 22.4. The summed E-state index contributed by atoms with van der Waals surface area (Å²) >= 11 is 0. The molecule has 458 valence electrons. The van der Waals surface area contributed by atoms with Gasteiger partial charge in [0.2, 0.25) is 47.3 Å². The molecule has 3 aliphatic heterocycles. The fraction of sp³-hybridized carbons (Fsp3) is 0.661. The highest BCUT2D eigenvalue weighted by Crippen LogP contribution is 2.26. The number of phenols is 1. The van der Waals surface area contributed by atoms with Crippen LogP contribution in [0.2, 0.25) is 0 Å². The van der Waals surface area contributed by atoms with Gasteiger partial charge < -0.3 is 77.5 Å². The molecule has 8 amide bonds. The van der Waals surface area contributed by atoms with Crippen LogP contribution in [0.5, 0.6) is 5.75 Å². The number of hydrogen-bond acceptors (Lipinski definition) is 15. The van der Waals surface area contributed by atoms with Gasteiger partial charge in [-0.25, -0.2) is 0 Å². The third kappa shape index (κ3) is 21.2. The average molecular weight is 1150 g/mol. The lowest BCUT2D eigenvalue weighted by Crippen LogP contribution is -2.64. The number of rotatable bonds is 22. The van der Waals surface area contributed by atoms with Crippen LogP contribution < -0.4 is 32.3 Å². The van der Waals surface area contributed by atoms with E-state index in [-0.39, 0.29) is 50.1 Å². The molecule has 82 heavy (non-hydrogen) atoms. The Morgan fingerprint density at radius 2 is 1.41 bits per heavy atom. The van der Waals surface area contributed by atoms with Crippen molar-refractivity contribution in [3.63, 3.8) is 0 Å². The summed E-state index contributed by atoms with van der Waals surface area (Å²) in [5, 5.41) is 79.8. The van der Waals surface area contributed by atoms with Crippen LogP contribution in [0.3, 0.4) is 0 Å². The van der Waals surface area contributed by atoms with Crippen LogP contribution in [-0.2, 0) is 49.5 Å². The van der Waals surface area contributed by atoms with Crippen molar-refractivity contribution in [2.24, 2.45) is 17.6 Å². The van der Waals surface area contributed by atoms with Gasteiger partial charge in [0.1, 0.15) is 60.3 Å². The van der Waals surface area contributed by atoms with E-state index in [1.54, 1.807) is 6.92 Å². The first-order valence-corrected chi connectivity index (χ1v) is 29.2. The van der Waals surface area contributed by atoms with Crippen molar-refractivity contribution < 1.29 is 73.7 Å². The van der Waals surface area contributed by atoms with Crippen LogP contribution in [0.25, 0.3) is 0 Å². The Labute approximate surface area is 481 Å². The molecular formula is C59H92N8O15. The molecule has 3 saturated heterocycles. The number of nitrogens with zero attached hydrogens (tertiary/aromatic N) is 2. The Bertz CT molecular complexity index is 2360. The van der Waals surface area contributed by atoms with Crippen molar-refractivity contribution in [2.45, 2.75) is 217 Å². The van der Waals surface area contributed by atoms with Crippen molar-refractivity contribution >= 4 is 47.3 Å². The third-order valence-electron chi connectivity index (χ3n) is 15.2. The Morgan fingerprint density at radius 3 is 2.04 bits per heavy atom. The number of hydrogen-bond donors (Lipinski definition) is 12. The van der Waals surface area contributed by atoms with E-state index in [2.05, 4.69) is 54.3 Å².